The zero-order valence-electron chi connectivity index (χ0n) is 12.2. The molecule has 1 fully saturated rings. The van der Waals surface area contributed by atoms with Gasteiger partial charge in [-0.15, -0.1) is 0 Å². The molecule has 21 heavy (non-hydrogen) atoms. The second-order valence-corrected chi connectivity index (χ2v) is 4.65. The summed E-state index contributed by atoms with van der Waals surface area (Å²) in [5.41, 5.74) is 0. The summed E-state index contributed by atoms with van der Waals surface area (Å²) in [4.78, 5) is 11.6. The third kappa shape index (κ3) is 5.24. The number of ether oxygens (including phenoxy) is 4. The first-order chi connectivity index (χ1) is 10.3. The number of carbonyl (C=O) groups is 1. The second-order valence-electron chi connectivity index (χ2n) is 4.65. The SMILES string of the molecule is COc1ccccc1OCC(=O)OCCC1CNCCO1. The molecule has 1 aliphatic heterocycles. The molecule has 0 bridgehead atoms. The highest BCUT2D eigenvalue weighted by molar-refractivity contribution is 5.71. The molecule has 1 saturated heterocycles. The van der Waals surface area contributed by atoms with Gasteiger partial charge in [-0.3, -0.25) is 0 Å². The maximum Gasteiger partial charge on any atom is 0.344 e. The number of nitrogens with one attached hydrogen (secondary N) is 1. The van der Waals surface area contributed by atoms with Gasteiger partial charge in [-0.25, -0.2) is 4.79 Å². The maximum atomic E-state index is 11.6. The van der Waals surface area contributed by atoms with Crippen LogP contribution in [0.3, 0.4) is 0 Å². The van der Waals surface area contributed by atoms with Crippen LogP contribution in [-0.4, -0.2) is 52.1 Å². The van der Waals surface area contributed by atoms with Crippen LogP contribution in [0.15, 0.2) is 24.3 Å². The molecule has 0 amide bonds. The van der Waals surface area contributed by atoms with Crippen LogP contribution in [-0.2, 0) is 14.3 Å². The Morgan fingerprint density at radius 1 is 1.38 bits per heavy atom. The van der Waals surface area contributed by atoms with Gasteiger partial charge in [0, 0.05) is 19.5 Å². The molecule has 1 atom stereocenters. The number of benzene rings is 1. The van der Waals surface area contributed by atoms with Gasteiger partial charge in [-0.1, -0.05) is 12.1 Å². The van der Waals surface area contributed by atoms with Crippen LogP contribution in [0, 0.1) is 0 Å². The van der Waals surface area contributed by atoms with Gasteiger partial charge in [0.15, 0.2) is 18.1 Å². The van der Waals surface area contributed by atoms with Crippen molar-refractivity contribution in [1.82, 2.24) is 5.32 Å². The van der Waals surface area contributed by atoms with Gasteiger partial charge in [0.25, 0.3) is 0 Å². The summed E-state index contributed by atoms with van der Waals surface area (Å²) < 4.78 is 21.2. The first-order valence-corrected chi connectivity index (χ1v) is 7.03. The molecular weight excluding hydrogens is 274 g/mol. The van der Waals surface area contributed by atoms with Crippen LogP contribution in [0.5, 0.6) is 11.5 Å². The molecule has 1 aromatic carbocycles. The number of hydrogen-bond acceptors (Lipinski definition) is 6. The van der Waals surface area contributed by atoms with Gasteiger partial charge in [0.2, 0.25) is 0 Å². The number of methoxy groups -OCH3 is 1. The van der Waals surface area contributed by atoms with Gasteiger partial charge < -0.3 is 24.3 Å². The van der Waals surface area contributed by atoms with E-state index in [0.717, 1.165) is 13.1 Å². The highest BCUT2D eigenvalue weighted by Gasteiger charge is 2.14. The van der Waals surface area contributed by atoms with Crippen molar-refractivity contribution in [3.63, 3.8) is 0 Å². The van der Waals surface area contributed by atoms with E-state index in [1.54, 1.807) is 19.2 Å². The number of esters is 1. The zero-order valence-corrected chi connectivity index (χ0v) is 12.2. The Morgan fingerprint density at radius 3 is 2.90 bits per heavy atom. The number of rotatable bonds is 7. The third-order valence-corrected chi connectivity index (χ3v) is 3.12. The average molecular weight is 295 g/mol. The molecule has 1 aliphatic rings. The van der Waals surface area contributed by atoms with E-state index >= 15 is 0 Å². The number of hydrogen-bond donors (Lipinski definition) is 1. The second kappa shape index (κ2) is 8.49. The van der Waals surface area contributed by atoms with Crippen LogP contribution < -0.4 is 14.8 Å². The molecule has 6 nitrogen and oxygen atoms in total. The molecule has 116 valence electrons. The largest absolute Gasteiger partial charge is 0.493 e. The first kappa shape index (κ1) is 15.6. The van der Waals surface area contributed by atoms with E-state index in [1.807, 2.05) is 12.1 Å². The molecule has 0 aromatic heterocycles. The van der Waals surface area contributed by atoms with E-state index in [1.165, 1.54) is 0 Å². The van der Waals surface area contributed by atoms with Gasteiger partial charge in [0.05, 0.1) is 26.4 Å². The quantitative estimate of drug-likeness (QED) is 0.757. The molecule has 1 N–H and O–H groups in total. The maximum absolute atomic E-state index is 11.6. The number of morpholine rings is 1. The summed E-state index contributed by atoms with van der Waals surface area (Å²) in [5, 5.41) is 3.23. The van der Waals surface area contributed by atoms with Crippen molar-refractivity contribution in [2.45, 2.75) is 12.5 Å². The molecule has 0 saturated carbocycles. The smallest absolute Gasteiger partial charge is 0.344 e. The monoisotopic (exact) mass is 295 g/mol. The van der Waals surface area contributed by atoms with Crippen LogP contribution >= 0.6 is 0 Å². The summed E-state index contributed by atoms with van der Waals surface area (Å²) in [7, 11) is 1.55. The van der Waals surface area contributed by atoms with Gasteiger partial charge >= 0.3 is 5.97 Å². The van der Waals surface area contributed by atoms with E-state index in [2.05, 4.69) is 5.32 Å². The molecule has 1 unspecified atom stereocenters. The van der Waals surface area contributed by atoms with Crippen molar-refractivity contribution in [2.75, 3.05) is 40.0 Å². The third-order valence-electron chi connectivity index (χ3n) is 3.12. The minimum Gasteiger partial charge on any atom is -0.493 e. The Kier molecular flexibility index (Phi) is 6.30. The Hall–Kier alpha value is -1.79. The Morgan fingerprint density at radius 2 is 2.19 bits per heavy atom. The highest BCUT2D eigenvalue weighted by atomic mass is 16.6. The topological polar surface area (TPSA) is 66.0 Å². The lowest BCUT2D eigenvalue weighted by molar-refractivity contribution is -0.147. The fourth-order valence-corrected chi connectivity index (χ4v) is 2.03. The van der Waals surface area contributed by atoms with Gasteiger partial charge in [-0.05, 0) is 12.1 Å². The minimum absolute atomic E-state index is 0.113. The van der Waals surface area contributed by atoms with E-state index in [0.29, 0.717) is 31.1 Å². The Labute approximate surface area is 124 Å². The van der Waals surface area contributed by atoms with Crippen molar-refractivity contribution in [1.29, 1.82) is 0 Å². The lowest BCUT2D eigenvalue weighted by Gasteiger charge is -2.23. The van der Waals surface area contributed by atoms with E-state index in [4.69, 9.17) is 18.9 Å². The fourth-order valence-electron chi connectivity index (χ4n) is 2.03. The van der Waals surface area contributed by atoms with Gasteiger partial charge in [-0.2, -0.15) is 0 Å². The Balaban J connectivity index is 1.65. The minimum atomic E-state index is -0.398. The predicted molar refractivity (Wildman–Crippen MR) is 76.7 cm³/mol. The molecule has 2 rings (SSSR count). The normalized spacial score (nSPS) is 18.0. The summed E-state index contributed by atoms with van der Waals surface area (Å²) >= 11 is 0. The van der Waals surface area contributed by atoms with E-state index < -0.39 is 5.97 Å². The summed E-state index contributed by atoms with van der Waals surface area (Å²) in [6.07, 6.45) is 0.801. The van der Waals surface area contributed by atoms with E-state index in [-0.39, 0.29) is 12.7 Å². The van der Waals surface area contributed by atoms with Crippen LogP contribution in [0.2, 0.25) is 0 Å². The van der Waals surface area contributed by atoms with Crippen molar-refractivity contribution in [3.8, 4) is 11.5 Å². The van der Waals surface area contributed by atoms with Crippen LogP contribution in [0.1, 0.15) is 6.42 Å². The van der Waals surface area contributed by atoms with Crippen LogP contribution in [0.25, 0.3) is 0 Å². The van der Waals surface area contributed by atoms with Crippen molar-refractivity contribution >= 4 is 5.97 Å². The molecule has 1 heterocycles. The fraction of sp³-hybridized carbons (Fsp3) is 0.533. The zero-order chi connectivity index (χ0) is 14.9. The average Bonchev–Trinajstić information content (AvgIpc) is 2.54. The molecule has 0 aliphatic carbocycles. The summed E-state index contributed by atoms with van der Waals surface area (Å²) in [5.74, 6) is 0.716. The van der Waals surface area contributed by atoms with Crippen molar-refractivity contribution in [3.05, 3.63) is 24.3 Å². The Bertz CT molecular complexity index is 445. The molecule has 6 heteroatoms. The van der Waals surface area contributed by atoms with Crippen LogP contribution in [0.4, 0.5) is 0 Å². The van der Waals surface area contributed by atoms with Crippen molar-refractivity contribution < 1.29 is 23.7 Å². The highest BCUT2D eigenvalue weighted by Crippen LogP contribution is 2.25. The predicted octanol–water partition coefficient (Wildman–Crippen LogP) is 0.996. The van der Waals surface area contributed by atoms with E-state index in [9.17, 15) is 4.79 Å². The number of para-hydroxylation sites is 2. The standard InChI is InChI=1S/C15H21NO5/c1-18-13-4-2-3-5-14(13)21-11-15(17)20-8-6-12-10-16-7-9-19-12/h2-5,12,16H,6-11H2,1H3. The van der Waals surface area contributed by atoms with Gasteiger partial charge in [0.1, 0.15) is 0 Å². The lowest BCUT2D eigenvalue weighted by atomic mass is 10.2. The van der Waals surface area contributed by atoms with Crippen molar-refractivity contribution in [2.24, 2.45) is 0 Å². The molecule has 0 radical (unpaired) electrons. The first-order valence-electron chi connectivity index (χ1n) is 7.03. The molecule has 1 aromatic rings. The lowest BCUT2D eigenvalue weighted by Crippen LogP contribution is -2.39. The molecular formula is C15H21NO5. The summed E-state index contributed by atoms with van der Waals surface area (Å²) in [6.45, 7) is 2.58. The molecule has 0 spiro atoms. The number of carbonyl (C=O) groups excluding carboxylic acids is 1. The summed E-state index contributed by atoms with van der Waals surface area (Å²) in [6, 6.07) is 7.17.